The minimum absolute atomic E-state index is 0.0583. The maximum absolute atomic E-state index is 5.59. The highest BCUT2D eigenvalue weighted by molar-refractivity contribution is 5.32. The standard InChI is InChI=1S/C13H23N3O2/c1-4-5-14-8-11-9-18-12(15-11)16-6-7-17-10-13(16,2)3/h9,14H,4-8,10H2,1-3H3. The van der Waals surface area contributed by atoms with Crippen LogP contribution in [0.15, 0.2) is 10.7 Å². The van der Waals surface area contributed by atoms with E-state index in [4.69, 9.17) is 9.15 Å². The van der Waals surface area contributed by atoms with Crippen LogP contribution in [0, 0.1) is 0 Å². The quantitative estimate of drug-likeness (QED) is 0.811. The first-order valence-corrected chi connectivity index (χ1v) is 6.64. The molecule has 1 fully saturated rings. The summed E-state index contributed by atoms with van der Waals surface area (Å²) in [7, 11) is 0. The maximum Gasteiger partial charge on any atom is 0.298 e. The summed E-state index contributed by atoms with van der Waals surface area (Å²) in [5, 5.41) is 3.32. The Hall–Kier alpha value is -1.07. The van der Waals surface area contributed by atoms with Gasteiger partial charge >= 0.3 is 0 Å². The summed E-state index contributed by atoms with van der Waals surface area (Å²) in [6.07, 6.45) is 2.87. The van der Waals surface area contributed by atoms with E-state index in [1.807, 2.05) is 0 Å². The van der Waals surface area contributed by atoms with E-state index in [9.17, 15) is 0 Å². The van der Waals surface area contributed by atoms with E-state index < -0.39 is 0 Å². The second-order valence-electron chi connectivity index (χ2n) is 5.31. The summed E-state index contributed by atoms with van der Waals surface area (Å²) in [4.78, 5) is 6.72. The van der Waals surface area contributed by atoms with Crippen LogP contribution in [0.1, 0.15) is 32.9 Å². The third kappa shape index (κ3) is 3.03. The van der Waals surface area contributed by atoms with Gasteiger partial charge in [-0.1, -0.05) is 6.92 Å². The van der Waals surface area contributed by atoms with Gasteiger partial charge in [0.05, 0.1) is 24.4 Å². The van der Waals surface area contributed by atoms with Crippen molar-refractivity contribution in [3.63, 3.8) is 0 Å². The highest BCUT2D eigenvalue weighted by Gasteiger charge is 2.33. The summed E-state index contributed by atoms with van der Waals surface area (Å²) in [5.74, 6) is 0. The number of morpholine rings is 1. The van der Waals surface area contributed by atoms with Crippen molar-refractivity contribution in [2.45, 2.75) is 39.3 Å². The molecule has 0 bridgehead atoms. The average molecular weight is 253 g/mol. The van der Waals surface area contributed by atoms with Gasteiger partial charge in [-0.3, -0.25) is 0 Å². The van der Waals surface area contributed by atoms with Gasteiger partial charge in [-0.05, 0) is 26.8 Å². The van der Waals surface area contributed by atoms with Gasteiger partial charge in [0, 0.05) is 13.1 Å². The summed E-state index contributed by atoms with van der Waals surface area (Å²) < 4.78 is 11.1. The lowest BCUT2D eigenvalue weighted by Crippen LogP contribution is -2.53. The van der Waals surface area contributed by atoms with Crippen molar-refractivity contribution < 1.29 is 9.15 Å². The number of hydrogen-bond acceptors (Lipinski definition) is 5. The van der Waals surface area contributed by atoms with Crippen LogP contribution < -0.4 is 10.2 Å². The molecule has 1 saturated heterocycles. The molecule has 0 saturated carbocycles. The van der Waals surface area contributed by atoms with E-state index in [1.165, 1.54) is 0 Å². The van der Waals surface area contributed by atoms with Gasteiger partial charge in [0.2, 0.25) is 0 Å². The van der Waals surface area contributed by atoms with Crippen LogP contribution in [-0.4, -0.2) is 36.8 Å². The molecule has 0 spiro atoms. The van der Waals surface area contributed by atoms with E-state index in [2.05, 4.69) is 36.0 Å². The molecule has 0 aromatic carbocycles. The predicted octanol–water partition coefficient (Wildman–Crippen LogP) is 1.79. The highest BCUT2D eigenvalue weighted by Crippen LogP contribution is 2.26. The van der Waals surface area contributed by atoms with Gasteiger partial charge in [0.15, 0.2) is 0 Å². The van der Waals surface area contributed by atoms with Crippen LogP contribution in [0.5, 0.6) is 0 Å². The molecule has 0 unspecified atom stereocenters. The van der Waals surface area contributed by atoms with Crippen LogP contribution in [0.25, 0.3) is 0 Å². The number of nitrogens with zero attached hydrogens (tertiary/aromatic N) is 2. The van der Waals surface area contributed by atoms with E-state index >= 15 is 0 Å². The number of rotatable bonds is 5. The molecule has 0 atom stereocenters. The molecule has 2 heterocycles. The molecule has 1 aromatic heterocycles. The van der Waals surface area contributed by atoms with Gasteiger partial charge in [-0.25, -0.2) is 0 Å². The normalized spacial score (nSPS) is 19.2. The number of nitrogens with one attached hydrogen (secondary N) is 1. The number of aromatic nitrogens is 1. The zero-order valence-electron chi connectivity index (χ0n) is 11.5. The molecule has 2 rings (SSSR count). The molecule has 18 heavy (non-hydrogen) atoms. The summed E-state index contributed by atoms with van der Waals surface area (Å²) in [6, 6.07) is 0.705. The van der Waals surface area contributed by atoms with Gasteiger partial charge in [0.1, 0.15) is 6.26 Å². The molecular weight excluding hydrogens is 230 g/mol. The monoisotopic (exact) mass is 253 g/mol. The SMILES string of the molecule is CCCNCc1coc(N2CCOCC2(C)C)n1. The number of hydrogen-bond donors (Lipinski definition) is 1. The Balaban J connectivity index is 2.00. The van der Waals surface area contributed by atoms with Crippen LogP contribution in [-0.2, 0) is 11.3 Å². The van der Waals surface area contributed by atoms with Gasteiger partial charge in [-0.2, -0.15) is 4.98 Å². The Kier molecular flexibility index (Phi) is 4.24. The van der Waals surface area contributed by atoms with Crippen molar-refractivity contribution in [1.82, 2.24) is 10.3 Å². The van der Waals surface area contributed by atoms with Crippen molar-refractivity contribution in [1.29, 1.82) is 0 Å². The number of ether oxygens (including phenoxy) is 1. The minimum atomic E-state index is -0.0583. The Morgan fingerprint density at radius 1 is 1.50 bits per heavy atom. The second-order valence-corrected chi connectivity index (χ2v) is 5.31. The number of oxazole rings is 1. The van der Waals surface area contributed by atoms with Gasteiger partial charge < -0.3 is 19.4 Å². The van der Waals surface area contributed by atoms with E-state index in [0.717, 1.165) is 38.4 Å². The van der Waals surface area contributed by atoms with Crippen LogP contribution in [0.3, 0.4) is 0 Å². The third-order valence-electron chi connectivity index (χ3n) is 3.15. The maximum atomic E-state index is 5.59. The zero-order valence-corrected chi connectivity index (χ0v) is 11.5. The molecule has 1 aliphatic rings. The van der Waals surface area contributed by atoms with Gasteiger partial charge in [0.25, 0.3) is 6.01 Å². The molecular formula is C13H23N3O2. The first-order chi connectivity index (χ1) is 8.63. The van der Waals surface area contributed by atoms with Crippen molar-refractivity contribution in [2.24, 2.45) is 0 Å². The topological polar surface area (TPSA) is 50.5 Å². The first kappa shape index (κ1) is 13.4. The Labute approximate surface area is 109 Å². The average Bonchev–Trinajstić information content (AvgIpc) is 2.77. The minimum Gasteiger partial charge on any atom is -0.432 e. The fourth-order valence-corrected chi connectivity index (χ4v) is 2.11. The Morgan fingerprint density at radius 2 is 2.33 bits per heavy atom. The molecule has 0 amide bonds. The van der Waals surface area contributed by atoms with Crippen LogP contribution in [0.2, 0.25) is 0 Å². The number of anilines is 1. The first-order valence-electron chi connectivity index (χ1n) is 6.64. The third-order valence-corrected chi connectivity index (χ3v) is 3.15. The van der Waals surface area contributed by atoms with E-state index in [-0.39, 0.29) is 5.54 Å². The molecule has 1 aliphatic heterocycles. The lowest BCUT2D eigenvalue weighted by molar-refractivity contribution is 0.0612. The Bertz CT molecular complexity index is 376. The fourth-order valence-electron chi connectivity index (χ4n) is 2.11. The molecule has 5 heteroatoms. The van der Waals surface area contributed by atoms with E-state index in [0.29, 0.717) is 12.6 Å². The summed E-state index contributed by atoms with van der Waals surface area (Å²) in [5.41, 5.74) is 0.901. The van der Waals surface area contributed by atoms with Crippen LogP contribution >= 0.6 is 0 Å². The lowest BCUT2D eigenvalue weighted by Gasteiger charge is -2.40. The molecule has 5 nitrogen and oxygen atoms in total. The molecule has 1 N–H and O–H groups in total. The largest absolute Gasteiger partial charge is 0.432 e. The summed E-state index contributed by atoms with van der Waals surface area (Å²) in [6.45, 7) is 10.5. The van der Waals surface area contributed by atoms with Gasteiger partial charge in [-0.15, -0.1) is 0 Å². The zero-order chi connectivity index (χ0) is 13.0. The predicted molar refractivity (Wildman–Crippen MR) is 70.7 cm³/mol. The molecule has 102 valence electrons. The van der Waals surface area contributed by atoms with Crippen molar-refractivity contribution in [3.8, 4) is 0 Å². The smallest absolute Gasteiger partial charge is 0.298 e. The van der Waals surface area contributed by atoms with Crippen molar-refractivity contribution in [3.05, 3.63) is 12.0 Å². The van der Waals surface area contributed by atoms with Crippen molar-refractivity contribution in [2.75, 3.05) is 31.2 Å². The van der Waals surface area contributed by atoms with Crippen molar-refractivity contribution >= 4 is 6.01 Å². The molecule has 0 radical (unpaired) electrons. The highest BCUT2D eigenvalue weighted by atomic mass is 16.5. The fraction of sp³-hybridized carbons (Fsp3) is 0.769. The molecule has 1 aromatic rings. The summed E-state index contributed by atoms with van der Waals surface area (Å²) >= 11 is 0. The molecule has 0 aliphatic carbocycles. The lowest BCUT2D eigenvalue weighted by atomic mass is 10.0. The van der Waals surface area contributed by atoms with Crippen LogP contribution in [0.4, 0.5) is 6.01 Å². The Morgan fingerprint density at radius 3 is 3.06 bits per heavy atom. The van der Waals surface area contributed by atoms with E-state index in [1.54, 1.807) is 6.26 Å². The second kappa shape index (κ2) is 5.71.